The number of aryl methyl sites for hydroxylation is 2. The Morgan fingerprint density at radius 3 is 2.88 bits per heavy atom. The molecule has 0 atom stereocenters. The predicted octanol–water partition coefficient (Wildman–Crippen LogP) is 2.58. The predicted molar refractivity (Wildman–Crippen MR) is 63.9 cm³/mol. The van der Waals surface area contributed by atoms with Crippen LogP contribution in [0.25, 0.3) is 0 Å². The SMILES string of the molecule is Cc1ccc(C)c(CC(=O)c2cnsn2)c1. The first-order chi connectivity index (χ1) is 7.66. The van der Waals surface area contributed by atoms with E-state index in [-0.39, 0.29) is 5.78 Å². The van der Waals surface area contributed by atoms with Gasteiger partial charge in [0, 0.05) is 6.42 Å². The van der Waals surface area contributed by atoms with Gasteiger partial charge in [0.15, 0.2) is 5.78 Å². The van der Waals surface area contributed by atoms with Gasteiger partial charge in [-0.1, -0.05) is 23.8 Å². The highest BCUT2D eigenvalue weighted by atomic mass is 32.1. The molecule has 0 amide bonds. The van der Waals surface area contributed by atoms with Crippen LogP contribution >= 0.6 is 11.7 Å². The Morgan fingerprint density at radius 2 is 2.19 bits per heavy atom. The van der Waals surface area contributed by atoms with Gasteiger partial charge in [-0.3, -0.25) is 4.79 Å². The minimum absolute atomic E-state index is 0.0300. The van der Waals surface area contributed by atoms with Crippen LogP contribution in [0.1, 0.15) is 27.2 Å². The van der Waals surface area contributed by atoms with Crippen molar-refractivity contribution < 1.29 is 4.79 Å². The second-order valence-electron chi connectivity index (χ2n) is 3.82. The maximum absolute atomic E-state index is 11.8. The quantitative estimate of drug-likeness (QED) is 0.764. The highest BCUT2D eigenvalue weighted by Crippen LogP contribution is 2.13. The average Bonchev–Trinajstić information content (AvgIpc) is 2.76. The molecule has 0 saturated heterocycles. The first-order valence-electron chi connectivity index (χ1n) is 5.03. The number of nitrogens with zero attached hydrogens (tertiary/aromatic N) is 2. The molecule has 82 valence electrons. The molecule has 1 aromatic heterocycles. The third-order valence-corrected chi connectivity index (χ3v) is 2.98. The normalized spacial score (nSPS) is 10.4. The maximum Gasteiger partial charge on any atom is 0.188 e. The van der Waals surface area contributed by atoms with Crippen molar-refractivity contribution in [3.63, 3.8) is 0 Å². The highest BCUT2D eigenvalue weighted by molar-refractivity contribution is 6.99. The number of hydrogen-bond acceptors (Lipinski definition) is 4. The second kappa shape index (κ2) is 4.53. The summed E-state index contributed by atoms with van der Waals surface area (Å²) in [6.07, 6.45) is 1.93. The maximum atomic E-state index is 11.8. The third kappa shape index (κ3) is 2.33. The molecule has 0 bridgehead atoms. The lowest BCUT2D eigenvalue weighted by Crippen LogP contribution is -2.05. The molecule has 0 aliphatic heterocycles. The lowest BCUT2D eigenvalue weighted by molar-refractivity contribution is 0.0989. The fourth-order valence-electron chi connectivity index (χ4n) is 1.54. The largest absolute Gasteiger partial charge is 0.292 e. The molecule has 1 heterocycles. The summed E-state index contributed by atoms with van der Waals surface area (Å²) in [5.74, 6) is 0.0300. The number of ketones is 1. The summed E-state index contributed by atoms with van der Waals surface area (Å²) in [7, 11) is 0. The van der Waals surface area contributed by atoms with Crippen molar-refractivity contribution in [2.45, 2.75) is 20.3 Å². The highest BCUT2D eigenvalue weighted by Gasteiger charge is 2.11. The average molecular weight is 232 g/mol. The third-order valence-electron chi connectivity index (χ3n) is 2.50. The van der Waals surface area contributed by atoms with Crippen LogP contribution in [0.4, 0.5) is 0 Å². The van der Waals surface area contributed by atoms with Crippen LogP contribution < -0.4 is 0 Å². The zero-order chi connectivity index (χ0) is 11.5. The first-order valence-corrected chi connectivity index (χ1v) is 5.77. The van der Waals surface area contributed by atoms with E-state index in [0.29, 0.717) is 12.1 Å². The Labute approximate surface area is 98.5 Å². The van der Waals surface area contributed by atoms with Gasteiger partial charge in [-0.2, -0.15) is 8.75 Å². The Bertz CT molecular complexity index is 506. The van der Waals surface area contributed by atoms with Crippen molar-refractivity contribution >= 4 is 17.5 Å². The van der Waals surface area contributed by atoms with E-state index in [1.165, 1.54) is 11.8 Å². The molecule has 0 aliphatic rings. The summed E-state index contributed by atoms with van der Waals surface area (Å²) >= 11 is 1.06. The Balaban J connectivity index is 2.21. The molecular weight excluding hydrogens is 220 g/mol. The molecule has 0 spiro atoms. The van der Waals surface area contributed by atoms with Crippen molar-refractivity contribution in [3.05, 3.63) is 46.8 Å². The molecule has 2 aromatic rings. The van der Waals surface area contributed by atoms with Gasteiger partial charge in [-0.15, -0.1) is 0 Å². The molecule has 2 rings (SSSR count). The minimum atomic E-state index is 0.0300. The summed E-state index contributed by atoms with van der Waals surface area (Å²) in [5.41, 5.74) is 3.84. The molecule has 1 aromatic carbocycles. The summed E-state index contributed by atoms with van der Waals surface area (Å²) in [4.78, 5) is 11.8. The van der Waals surface area contributed by atoms with Gasteiger partial charge in [-0.25, -0.2) is 0 Å². The minimum Gasteiger partial charge on any atom is -0.292 e. The molecule has 4 heteroatoms. The zero-order valence-corrected chi connectivity index (χ0v) is 10.0. The molecule has 0 radical (unpaired) electrons. The van der Waals surface area contributed by atoms with Crippen LogP contribution in [0.15, 0.2) is 24.4 Å². The van der Waals surface area contributed by atoms with Crippen LogP contribution in [-0.4, -0.2) is 14.5 Å². The van der Waals surface area contributed by atoms with E-state index in [0.717, 1.165) is 22.9 Å². The summed E-state index contributed by atoms with van der Waals surface area (Å²) in [5, 5.41) is 0. The summed E-state index contributed by atoms with van der Waals surface area (Å²) in [6.45, 7) is 4.04. The number of aromatic nitrogens is 2. The smallest absolute Gasteiger partial charge is 0.188 e. The van der Waals surface area contributed by atoms with Crippen molar-refractivity contribution in [1.29, 1.82) is 0 Å². The Kier molecular flexibility index (Phi) is 3.10. The fraction of sp³-hybridized carbons (Fsp3) is 0.250. The molecule has 0 N–H and O–H groups in total. The molecule has 0 saturated carbocycles. The molecule has 0 unspecified atom stereocenters. The molecule has 0 aliphatic carbocycles. The molecule has 3 nitrogen and oxygen atoms in total. The molecule has 16 heavy (non-hydrogen) atoms. The molecule has 0 fully saturated rings. The monoisotopic (exact) mass is 232 g/mol. The number of rotatable bonds is 3. The van der Waals surface area contributed by atoms with Crippen LogP contribution in [0.2, 0.25) is 0 Å². The standard InChI is InChI=1S/C12H12N2OS/c1-8-3-4-9(2)10(5-8)6-12(15)11-7-13-16-14-11/h3-5,7H,6H2,1-2H3. The topological polar surface area (TPSA) is 42.9 Å². The van der Waals surface area contributed by atoms with Crippen LogP contribution in [0.3, 0.4) is 0 Å². The van der Waals surface area contributed by atoms with E-state index in [1.807, 2.05) is 32.0 Å². The molecular formula is C12H12N2OS. The summed E-state index contributed by atoms with van der Waals surface area (Å²) < 4.78 is 7.78. The van der Waals surface area contributed by atoms with E-state index in [2.05, 4.69) is 8.75 Å². The number of benzene rings is 1. The van der Waals surface area contributed by atoms with Crippen LogP contribution in [0.5, 0.6) is 0 Å². The summed E-state index contributed by atoms with van der Waals surface area (Å²) in [6, 6.07) is 6.14. The van der Waals surface area contributed by atoms with Gasteiger partial charge < -0.3 is 0 Å². The number of carbonyl (C=O) groups excluding carboxylic acids is 1. The van der Waals surface area contributed by atoms with Crippen LogP contribution in [0, 0.1) is 13.8 Å². The van der Waals surface area contributed by atoms with Crippen LogP contribution in [-0.2, 0) is 6.42 Å². The van der Waals surface area contributed by atoms with Gasteiger partial charge in [0.1, 0.15) is 5.69 Å². The lowest BCUT2D eigenvalue weighted by atomic mass is 10.00. The van der Waals surface area contributed by atoms with Crippen molar-refractivity contribution in [3.8, 4) is 0 Å². The number of hydrogen-bond donors (Lipinski definition) is 0. The van der Waals surface area contributed by atoms with Gasteiger partial charge in [-0.05, 0) is 25.0 Å². The zero-order valence-electron chi connectivity index (χ0n) is 9.23. The van der Waals surface area contributed by atoms with Gasteiger partial charge in [0.2, 0.25) is 0 Å². The van der Waals surface area contributed by atoms with Gasteiger partial charge in [0.05, 0.1) is 17.9 Å². The first kappa shape index (κ1) is 11.0. The van der Waals surface area contributed by atoms with E-state index in [1.54, 1.807) is 0 Å². The number of carbonyl (C=O) groups is 1. The lowest BCUT2D eigenvalue weighted by Gasteiger charge is -2.04. The van der Waals surface area contributed by atoms with E-state index in [4.69, 9.17) is 0 Å². The Morgan fingerprint density at radius 1 is 1.38 bits per heavy atom. The van der Waals surface area contributed by atoms with E-state index < -0.39 is 0 Å². The van der Waals surface area contributed by atoms with Gasteiger partial charge in [0.25, 0.3) is 0 Å². The van der Waals surface area contributed by atoms with Crippen molar-refractivity contribution in [2.75, 3.05) is 0 Å². The Hall–Kier alpha value is -1.55. The van der Waals surface area contributed by atoms with E-state index in [9.17, 15) is 4.79 Å². The second-order valence-corrected chi connectivity index (χ2v) is 4.38. The van der Waals surface area contributed by atoms with Crippen molar-refractivity contribution in [2.24, 2.45) is 0 Å². The number of Topliss-reactive ketones (excluding diaryl/α,β-unsaturated/α-hetero) is 1. The van der Waals surface area contributed by atoms with E-state index >= 15 is 0 Å². The fourth-order valence-corrected chi connectivity index (χ4v) is 1.97. The van der Waals surface area contributed by atoms with Gasteiger partial charge >= 0.3 is 0 Å². The van der Waals surface area contributed by atoms with Crippen molar-refractivity contribution in [1.82, 2.24) is 8.75 Å².